The number of carboxylic acid groups (broad SMARTS) is 1. The maximum Gasteiger partial charge on any atom is 0.338 e. The second kappa shape index (κ2) is 8.38. The number of thioether (sulfide) groups is 2. The number of carbonyl (C=O) groups is 1. The molecular formula is C14H21NO2S2. The second-order valence-corrected chi connectivity index (χ2v) is 6.46. The molecule has 0 aliphatic rings. The Balaban J connectivity index is 2.79. The zero-order valence-corrected chi connectivity index (χ0v) is 13.2. The number of nitrogens with one attached hydrogen (secondary N) is 1. The largest absolute Gasteiger partial charge is 0.478 e. The molecule has 0 aliphatic carbocycles. The molecule has 0 fully saturated rings. The van der Waals surface area contributed by atoms with Gasteiger partial charge in [0.1, 0.15) is 0 Å². The highest BCUT2D eigenvalue weighted by atomic mass is 32.2. The normalized spacial score (nSPS) is 12.2. The predicted molar refractivity (Wildman–Crippen MR) is 85.9 cm³/mol. The molecule has 0 saturated heterocycles. The molecule has 1 aromatic rings. The molecular weight excluding hydrogens is 278 g/mol. The van der Waals surface area contributed by atoms with E-state index >= 15 is 0 Å². The maximum atomic E-state index is 11.4. The predicted octanol–water partition coefficient (Wildman–Crippen LogP) is 4.05. The molecule has 0 spiro atoms. The fourth-order valence-corrected chi connectivity index (χ4v) is 3.21. The van der Waals surface area contributed by atoms with Crippen molar-refractivity contribution in [3.63, 3.8) is 0 Å². The van der Waals surface area contributed by atoms with Crippen molar-refractivity contribution in [3.8, 4) is 0 Å². The van der Waals surface area contributed by atoms with Gasteiger partial charge in [-0.05, 0) is 43.2 Å². The zero-order valence-electron chi connectivity index (χ0n) is 11.6. The monoisotopic (exact) mass is 299 g/mol. The van der Waals surface area contributed by atoms with Gasteiger partial charge in [0.2, 0.25) is 0 Å². The SMILES string of the molecule is CCSCCC(C)Nc1cccc(SC)c1C(=O)O. The summed E-state index contributed by atoms with van der Waals surface area (Å²) in [5.74, 6) is 1.34. The van der Waals surface area contributed by atoms with Gasteiger partial charge in [-0.15, -0.1) is 11.8 Å². The van der Waals surface area contributed by atoms with Crippen LogP contribution in [0.5, 0.6) is 0 Å². The first-order valence-electron chi connectivity index (χ1n) is 6.34. The summed E-state index contributed by atoms with van der Waals surface area (Å²) in [6.07, 6.45) is 2.92. The number of hydrogen-bond donors (Lipinski definition) is 2. The van der Waals surface area contributed by atoms with Crippen LogP contribution in [0.15, 0.2) is 23.1 Å². The van der Waals surface area contributed by atoms with E-state index in [0.717, 1.165) is 22.8 Å². The van der Waals surface area contributed by atoms with Crippen molar-refractivity contribution in [2.24, 2.45) is 0 Å². The average molecular weight is 299 g/mol. The number of hydrogen-bond acceptors (Lipinski definition) is 4. The quantitative estimate of drug-likeness (QED) is 0.560. The van der Waals surface area contributed by atoms with Gasteiger partial charge >= 0.3 is 5.97 Å². The molecule has 5 heteroatoms. The first kappa shape index (κ1) is 16.2. The fourth-order valence-electron chi connectivity index (χ4n) is 1.78. The molecule has 3 nitrogen and oxygen atoms in total. The van der Waals surface area contributed by atoms with Crippen LogP contribution in [-0.4, -0.2) is 34.9 Å². The molecule has 1 unspecified atom stereocenters. The Bertz CT molecular complexity index is 424. The van der Waals surface area contributed by atoms with Gasteiger partial charge in [0.25, 0.3) is 0 Å². The molecule has 1 rings (SSSR count). The second-order valence-electron chi connectivity index (χ2n) is 4.22. The Morgan fingerprint density at radius 2 is 2.21 bits per heavy atom. The lowest BCUT2D eigenvalue weighted by molar-refractivity contribution is 0.0694. The summed E-state index contributed by atoms with van der Waals surface area (Å²) >= 11 is 3.37. The zero-order chi connectivity index (χ0) is 14.3. The van der Waals surface area contributed by atoms with Gasteiger partial charge in [0.05, 0.1) is 11.3 Å². The summed E-state index contributed by atoms with van der Waals surface area (Å²) in [5.41, 5.74) is 1.10. The summed E-state index contributed by atoms with van der Waals surface area (Å²) in [5, 5.41) is 12.7. The Labute approximate surface area is 123 Å². The van der Waals surface area contributed by atoms with Crippen LogP contribution in [0.4, 0.5) is 5.69 Å². The minimum absolute atomic E-state index is 0.272. The third kappa shape index (κ3) is 4.99. The van der Waals surface area contributed by atoms with E-state index in [1.54, 1.807) is 0 Å². The van der Waals surface area contributed by atoms with Crippen LogP contribution in [0, 0.1) is 0 Å². The molecule has 1 aromatic carbocycles. The highest BCUT2D eigenvalue weighted by molar-refractivity contribution is 7.99. The standard InChI is InChI=1S/C14H21NO2S2/c1-4-19-9-8-10(2)15-11-6-5-7-12(18-3)13(11)14(16)17/h5-7,10,15H,4,8-9H2,1-3H3,(H,16,17). The van der Waals surface area contributed by atoms with E-state index in [1.165, 1.54) is 11.8 Å². The van der Waals surface area contributed by atoms with Crippen LogP contribution in [0.2, 0.25) is 0 Å². The van der Waals surface area contributed by atoms with Crippen LogP contribution < -0.4 is 5.32 Å². The van der Waals surface area contributed by atoms with Crippen LogP contribution in [-0.2, 0) is 0 Å². The first-order valence-corrected chi connectivity index (χ1v) is 8.72. The molecule has 0 bridgehead atoms. The molecule has 0 radical (unpaired) electrons. The van der Waals surface area contributed by atoms with E-state index in [4.69, 9.17) is 0 Å². The maximum absolute atomic E-state index is 11.4. The lowest BCUT2D eigenvalue weighted by Gasteiger charge is -2.18. The van der Waals surface area contributed by atoms with Crippen molar-refractivity contribution in [2.75, 3.05) is 23.1 Å². The summed E-state index contributed by atoms with van der Waals surface area (Å²) in [4.78, 5) is 12.2. The minimum Gasteiger partial charge on any atom is -0.478 e. The van der Waals surface area contributed by atoms with E-state index in [0.29, 0.717) is 11.3 Å². The average Bonchev–Trinajstić information content (AvgIpc) is 2.38. The van der Waals surface area contributed by atoms with E-state index in [-0.39, 0.29) is 6.04 Å². The molecule has 1 atom stereocenters. The summed E-state index contributed by atoms with van der Waals surface area (Å²) in [6.45, 7) is 4.24. The number of benzene rings is 1. The number of anilines is 1. The molecule has 0 amide bonds. The molecule has 0 saturated carbocycles. The Morgan fingerprint density at radius 1 is 1.47 bits per heavy atom. The van der Waals surface area contributed by atoms with E-state index in [9.17, 15) is 9.90 Å². The summed E-state index contributed by atoms with van der Waals surface area (Å²) in [6, 6.07) is 5.85. The van der Waals surface area contributed by atoms with Gasteiger partial charge in [-0.3, -0.25) is 0 Å². The van der Waals surface area contributed by atoms with Gasteiger partial charge in [-0.1, -0.05) is 13.0 Å². The van der Waals surface area contributed by atoms with Crippen molar-refractivity contribution < 1.29 is 9.90 Å². The van der Waals surface area contributed by atoms with Gasteiger partial charge in [0, 0.05) is 10.9 Å². The fraction of sp³-hybridized carbons (Fsp3) is 0.500. The first-order chi connectivity index (χ1) is 9.10. The van der Waals surface area contributed by atoms with E-state index in [1.807, 2.05) is 36.2 Å². The lowest BCUT2D eigenvalue weighted by Crippen LogP contribution is -2.18. The van der Waals surface area contributed by atoms with Crippen LogP contribution in [0.3, 0.4) is 0 Å². The molecule has 0 aliphatic heterocycles. The Morgan fingerprint density at radius 3 is 2.79 bits per heavy atom. The van der Waals surface area contributed by atoms with Gasteiger partial charge in [-0.25, -0.2) is 4.79 Å². The third-order valence-corrected chi connectivity index (χ3v) is 4.47. The lowest BCUT2D eigenvalue weighted by atomic mass is 10.1. The van der Waals surface area contributed by atoms with Crippen molar-refractivity contribution in [1.82, 2.24) is 0 Å². The topological polar surface area (TPSA) is 49.3 Å². The van der Waals surface area contributed by atoms with Crippen LogP contribution in [0.25, 0.3) is 0 Å². The van der Waals surface area contributed by atoms with Crippen LogP contribution in [0.1, 0.15) is 30.6 Å². The summed E-state index contributed by atoms with van der Waals surface area (Å²) < 4.78 is 0. The molecule has 0 heterocycles. The van der Waals surface area contributed by atoms with E-state index in [2.05, 4.69) is 19.2 Å². The molecule has 19 heavy (non-hydrogen) atoms. The number of aromatic carboxylic acids is 1. The minimum atomic E-state index is -0.873. The highest BCUT2D eigenvalue weighted by Gasteiger charge is 2.16. The number of carboxylic acids is 1. The summed E-state index contributed by atoms with van der Waals surface area (Å²) in [7, 11) is 0. The van der Waals surface area contributed by atoms with Gasteiger partial charge in [0.15, 0.2) is 0 Å². The smallest absolute Gasteiger partial charge is 0.338 e. The Kier molecular flexibility index (Phi) is 7.16. The van der Waals surface area contributed by atoms with Crippen molar-refractivity contribution in [2.45, 2.75) is 31.2 Å². The Hall–Kier alpha value is -0.810. The van der Waals surface area contributed by atoms with Gasteiger partial charge in [-0.2, -0.15) is 11.8 Å². The third-order valence-electron chi connectivity index (χ3n) is 2.76. The molecule has 0 aromatic heterocycles. The van der Waals surface area contributed by atoms with Crippen molar-refractivity contribution in [3.05, 3.63) is 23.8 Å². The highest BCUT2D eigenvalue weighted by Crippen LogP contribution is 2.28. The van der Waals surface area contributed by atoms with Gasteiger partial charge < -0.3 is 10.4 Å². The number of rotatable bonds is 8. The van der Waals surface area contributed by atoms with Crippen LogP contribution >= 0.6 is 23.5 Å². The molecule has 106 valence electrons. The van der Waals surface area contributed by atoms with Crippen molar-refractivity contribution in [1.29, 1.82) is 0 Å². The molecule has 2 N–H and O–H groups in total. The van der Waals surface area contributed by atoms with Crippen molar-refractivity contribution >= 4 is 35.2 Å². The van der Waals surface area contributed by atoms with E-state index < -0.39 is 5.97 Å².